The number of nitrogens with zero attached hydrogens (tertiary/aromatic N) is 2. The number of piperidine rings is 1. The van der Waals surface area contributed by atoms with Crippen LogP contribution in [0.25, 0.3) is 0 Å². The first-order chi connectivity index (χ1) is 8.99. The van der Waals surface area contributed by atoms with E-state index in [1.165, 1.54) is 6.07 Å². The Bertz CT molecular complexity index is 434. The molecule has 1 aromatic carbocycles. The second kappa shape index (κ2) is 5.88. The van der Waals surface area contributed by atoms with E-state index in [9.17, 15) is 9.50 Å². The third kappa shape index (κ3) is 3.25. The van der Waals surface area contributed by atoms with Crippen molar-refractivity contribution in [3.8, 4) is 0 Å². The minimum absolute atomic E-state index is 0.238. The molecule has 4 heteroatoms. The summed E-state index contributed by atoms with van der Waals surface area (Å²) in [6.07, 6.45) is 1.62. The van der Waals surface area contributed by atoms with Crippen molar-refractivity contribution in [2.24, 2.45) is 0 Å². The van der Waals surface area contributed by atoms with Crippen molar-refractivity contribution in [2.75, 3.05) is 32.1 Å². The summed E-state index contributed by atoms with van der Waals surface area (Å²) < 4.78 is 14.2. The molecule has 2 atom stereocenters. The number of hydrogen-bond acceptors (Lipinski definition) is 3. The summed E-state index contributed by atoms with van der Waals surface area (Å²) in [4.78, 5) is 4.31. The number of hydrogen-bond donors (Lipinski definition) is 1. The number of anilines is 1. The number of rotatable bonds is 3. The Morgan fingerprint density at radius 1 is 1.42 bits per heavy atom. The summed E-state index contributed by atoms with van der Waals surface area (Å²) in [6, 6.07) is 5.52. The van der Waals surface area contributed by atoms with Crippen molar-refractivity contribution in [2.45, 2.75) is 31.9 Å². The third-order valence-corrected chi connectivity index (χ3v) is 3.92. The molecular formula is C15H23FN2O. The van der Waals surface area contributed by atoms with Crippen LogP contribution in [0, 0.1) is 5.82 Å². The quantitative estimate of drug-likeness (QED) is 0.910. The van der Waals surface area contributed by atoms with Gasteiger partial charge in [0, 0.05) is 19.1 Å². The Kier molecular flexibility index (Phi) is 4.42. The van der Waals surface area contributed by atoms with Gasteiger partial charge >= 0.3 is 0 Å². The molecule has 3 nitrogen and oxygen atoms in total. The van der Waals surface area contributed by atoms with Gasteiger partial charge in [-0.3, -0.25) is 0 Å². The van der Waals surface area contributed by atoms with E-state index < -0.39 is 6.10 Å². The van der Waals surface area contributed by atoms with E-state index in [0.29, 0.717) is 17.3 Å². The van der Waals surface area contributed by atoms with Crippen molar-refractivity contribution in [1.82, 2.24) is 4.90 Å². The molecule has 1 fully saturated rings. The Morgan fingerprint density at radius 2 is 2.16 bits per heavy atom. The molecule has 1 N–H and O–H groups in total. The van der Waals surface area contributed by atoms with E-state index >= 15 is 0 Å². The lowest BCUT2D eigenvalue weighted by molar-refractivity contribution is 0.199. The number of aliphatic hydroxyl groups excluding tert-OH is 1. The summed E-state index contributed by atoms with van der Waals surface area (Å²) in [7, 11) is 4.14. The van der Waals surface area contributed by atoms with Crippen molar-refractivity contribution in [1.29, 1.82) is 0 Å². The lowest BCUT2D eigenvalue weighted by Gasteiger charge is -2.37. The van der Waals surface area contributed by atoms with Crippen LogP contribution in [0.1, 0.15) is 31.4 Å². The van der Waals surface area contributed by atoms with Gasteiger partial charge in [-0.15, -0.1) is 0 Å². The summed E-state index contributed by atoms with van der Waals surface area (Å²) in [6.45, 7) is 3.41. The number of halogens is 1. The highest BCUT2D eigenvalue weighted by atomic mass is 19.1. The summed E-state index contributed by atoms with van der Waals surface area (Å²) >= 11 is 0. The van der Waals surface area contributed by atoms with Gasteiger partial charge in [-0.25, -0.2) is 4.39 Å². The first kappa shape index (κ1) is 14.3. The van der Waals surface area contributed by atoms with Crippen LogP contribution >= 0.6 is 0 Å². The zero-order chi connectivity index (χ0) is 14.0. The van der Waals surface area contributed by atoms with Crippen LogP contribution in [0.3, 0.4) is 0 Å². The van der Waals surface area contributed by atoms with Crippen LogP contribution < -0.4 is 4.90 Å². The average molecular weight is 266 g/mol. The largest absolute Gasteiger partial charge is 0.389 e. The predicted molar refractivity (Wildman–Crippen MR) is 76.0 cm³/mol. The first-order valence-corrected chi connectivity index (χ1v) is 6.88. The van der Waals surface area contributed by atoms with Gasteiger partial charge < -0.3 is 14.9 Å². The van der Waals surface area contributed by atoms with E-state index in [1.807, 2.05) is 6.07 Å². The smallest absolute Gasteiger partial charge is 0.146 e. The monoisotopic (exact) mass is 266 g/mol. The van der Waals surface area contributed by atoms with Crippen LogP contribution in [-0.2, 0) is 0 Å². The van der Waals surface area contributed by atoms with Gasteiger partial charge in [0.05, 0.1) is 11.8 Å². The molecule has 2 unspecified atom stereocenters. The van der Waals surface area contributed by atoms with Crippen molar-refractivity contribution < 1.29 is 9.50 Å². The molecule has 1 aliphatic heterocycles. The highest BCUT2D eigenvalue weighted by Crippen LogP contribution is 2.26. The highest BCUT2D eigenvalue weighted by Gasteiger charge is 2.23. The Hall–Kier alpha value is -1.13. The van der Waals surface area contributed by atoms with Crippen molar-refractivity contribution in [3.63, 3.8) is 0 Å². The van der Waals surface area contributed by atoms with Crippen molar-refractivity contribution in [3.05, 3.63) is 29.6 Å². The van der Waals surface area contributed by atoms with E-state index in [0.717, 1.165) is 25.9 Å². The van der Waals surface area contributed by atoms with E-state index in [4.69, 9.17) is 0 Å². The molecule has 1 saturated heterocycles. The van der Waals surface area contributed by atoms with Gasteiger partial charge in [-0.2, -0.15) is 0 Å². The zero-order valence-corrected chi connectivity index (χ0v) is 11.9. The Balaban J connectivity index is 2.17. The van der Waals surface area contributed by atoms with Gasteiger partial charge in [0.2, 0.25) is 0 Å². The fraction of sp³-hybridized carbons (Fsp3) is 0.600. The molecule has 1 heterocycles. The first-order valence-electron chi connectivity index (χ1n) is 6.88. The molecule has 1 aliphatic rings. The fourth-order valence-electron chi connectivity index (χ4n) is 2.63. The van der Waals surface area contributed by atoms with E-state index in [-0.39, 0.29) is 5.82 Å². The van der Waals surface area contributed by atoms with Gasteiger partial charge in [0.25, 0.3) is 0 Å². The summed E-state index contributed by atoms with van der Waals surface area (Å²) in [5.41, 5.74) is 1.28. The van der Waals surface area contributed by atoms with Crippen LogP contribution in [0.4, 0.5) is 10.1 Å². The molecule has 0 bridgehead atoms. The molecule has 0 saturated carbocycles. The minimum Gasteiger partial charge on any atom is -0.389 e. The Morgan fingerprint density at radius 3 is 2.74 bits per heavy atom. The molecule has 0 spiro atoms. The molecule has 0 radical (unpaired) electrons. The molecule has 0 aromatic heterocycles. The van der Waals surface area contributed by atoms with Crippen LogP contribution in [0.15, 0.2) is 18.2 Å². The van der Waals surface area contributed by atoms with Crippen LogP contribution in [0.2, 0.25) is 0 Å². The molecule has 106 valence electrons. The average Bonchev–Trinajstić information content (AvgIpc) is 2.38. The van der Waals surface area contributed by atoms with E-state index in [1.54, 1.807) is 13.0 Å². The second-order valence-corrected chi connectivity index (χ2v) is 5.59. The van der Waals surface area contributed by atoms with E-state index in [2.05, 4.69) is 23.9 Å². The lowest BCUT2D eigenvalue weighted by Crippen LogP contribution is -2.45. The van der Waals surface area contributed by atoms with Crippen LogP contribution in [-0.4, -0.2) is 43.2 Å². The molecule has 0 amide bonds. The van der Waals surface area contributed by atoms with Gasteiger partial charge in [-0.1, -0.05) is 6.07 Å². The number of aliphatic hydroxyl groups is 1. The predicted octanol–water partition coefficient (Wildman–Crippen LogP) is 2.41. The standard InChI is InChI=1S/C15H23FN2O/c1-11(19)12-6-7-15(14(16)9-12)18-8-4-5-13(10-18)17(2)3/h6-7,9,11,13,19H,4-5,8,10H2,1-3H3. The number of likely N-dealkylation sites (N-methyl/N-ethyl adjacent to an activating group) is 1. The normalized spacial score (nSPS) is 21.8. The number of benzene rings is 1. The Labute approximate surface area is 114 Å². The van der Waals surface area contributed by atoms with Crippen molar-refractivity contribution >= 4 is 5.69 Å². The maximum atomic E-state index is 14.2. The SMILES string of the molecule is CC(O)c1ccc(N2CCCC(N(C)C)C2)c(F)c1. The summed E-state index contributed by atoms with van der Waals surface area (Å²) in [5.74, 6) is -0.238. The second-order valence-electron chi connectivity index (χ2n) is 5.59. The minimum atomic E-state index is -0.626. The maximum Gasteiger partial charge on any atom is 0.146 e. The van der Waals surface area contributed by atoms with Crippen LogP contribution in [0.5, 0.6) is 0 Å². The third-order valence-electron chi connectivity index (χ3n) is 3.92. The zero-order valence-electron chi connectivity index (χ0n) is 11.9. The summed E-state index contributed by atoms with van der Waals surface area (Å²) in [5, 5.41) is 9.48. The van der Waals surface area contributed by atoms with Gasteiger partial charge in [0.1, 0.15) is 5.82 Å². The lowest BCUT2D eigenvalue weighted by atomic mass is 10.0. The fourth-order valence-corrected chi connectivity index (χ4v) is 2.63. The highest BCUT2D eigenvalue weighted by molar-refractivity contribution is 5.50. The molecular weight excluding hydrogens is 243 g/mol. The molecule has 19 heavy (non-hydrogen) atoms. The molecule has 0 aliphatic carbocycles. The molecule has 1 aromatic rings. The van der Waals surface area contributed by atoms with Gasteiger partial charge in [-0.05, 0) is 51.6 Å². The molecule has 2 rings (SSSR count). The maximum absolute atomic E-state index is 14.2. The topological polar surface area (TPSA) is 26.7 Å². The van der Waals surface area contributed by atoms with Gasteiger partial charge in [0.15, 0.2) is 0 Å².